The fraction of sp³-hybridized carbons (Fsp3) is 0.250. The summed E-state index contributed by atoms with van der Waals surface area (Å²) in [5.41, 5.74) is 2.50. The highest BCUT2D eigenvalue weighted by molar-refractivity contribution is 5.97. The summed E-state index contributed by atoms with van der Waals surface area (Å²) in [5.74, 6) is -1.50. The molecule has 3 rings (SSSR count). The molecule has 34 heavy (non-hydrogen) atoms. The van der Waals surface area contributed by atoms with Gasteiger partial charge in [0.15, 0.2) is 0 Å². The average molecular weight is 459 g/mol. The van der Waals surface area contributed by atoms with Gasteiger partial charge in [-0.1, -0.05) is 78.9 Å². The molecule has 0 saturated carbocycles. The second-order valence-corrected chi connectivity index (χ2v) is 8.32. The highest BCUT2D eigenvalue weighted by Gasteiger charge is 2.23. The topological polar surface area (TPSA) is 95.5 Å². The Bertz CT molecular complexity index is 1060. The summed E-state index contributed by atoms with van der Waals surface area (Å²) >= 11 is 0. The van der Waals surface area contributed by atoms with Gasteiger partial charge >= 0.3 is 5.97 Å². The van der Waals surface area contributed by atoms with E-state index in [0.29, 0.717) is 31.4 Å². The Labute approximate surface area is 200 Å². The van der Waals surface area contributed by atoms with E-state index in [1.807, 2.05) is 66.7 Å². The van der Waals surface area contributed by atoms with E-state index in [9.17, 15) is 14.4 Å². The molecule has 2 unspecified atom stereocenters. The highest BCUT2D eigenvalue weighted by Crippen LogP contribution is 2.14. The lowest BCUT2D eigenvalue weighted by molar-refractivity contribution is -0.137. The Morgan fingerprint density at radius 2 is 1.26 bits per heavy atom. The minimum Gasteiger partial charge on any atom is -0.481 e. The van der Waals surface area contributed by atoms with Gasteiger partial charge in [-0.3, -0.25) is 14.4 Å². The van der Waals surface area contributed by atoms with Gasteiger partial charge in [0.25, 0.3) is 5.91 Å². The van der Waals surface area contributed by atoms with Crippen LogP contribution in [0.25, 0.3) is 0 Å². The molecule has 2 amide bonds. The van der Waals surface area contributed by atoms with E-state index in [2.05, 4.69) is 10.6 Å². The molecule has 0 bridgehead atoms. The van der Waals surface area contributed by atoms with Crippen molar-refractivity contribution < 1.29 is 19.5 Å². The van der Waals surface area contributed by atoms with Crippen molar-refractivity contribution in [1.29, 1.82) is 0 Å². The van der Waals surface area contributed by atoms with Crippen LogP contribution in [0.2, 0.25) is 0 Å². The first-order valence-corrected chi connectivity index (χ1v) is 11.4. The van der Waals surface area contributed by atoms with E-state index < -0.39 is 12.0 Å². The van der Waals surface area contributed by atoms with Crippen LogP contribution in [0, 0.1) is 5.92 Å². The molecule has 0 spiro atoms. The zero-order valence-electron chi connectivity index (χ0n) is 19.0. The smallest absolute Gasteiger partial charge is 0.303 e. The van der Waals surface area contributed by atoms with Crippen molar-refractivity contribution in [3.05, 3.63) is 108 Å². The zero-order chi connectivity index (χ0) is 24.2. The molecular formula is C28H30N2O4. The van der Waals surface area contributed by atoms with Crippen LogP contribution in [-0.4, -0.2) is 35.5 Å². The van der Waals surface area contributed by atoms with Crippen LogP contribution in [-0.2, 0) is 22.4 Å². The molecule has 0 heterocycles. The molecule has 0 fully saturated rings. The molecule has 0 radical (unpaired) electrons. The van der Waals surface area contributed by atoms with E-state index >= 15 is 0 Å². The van der Waals surface area contributed by atoms with Crippen molar-refractivity contribution in [2.75, 3.05) is 6.54 Å². The van der Waals surface area contributed by atoms with Gasteiger partial charge in [-0.2, -0.15) is 0 Å². The zero-order valence-corrected chi connectivity index (χ0v) is 19.0. The number of hydrogen-bond donors (Lipinski definition) is 3. The van der Waals surface area contributed by atoms with E-state index in [-0.39, 0.29) is 24.2 Å². The average Bonchev–Trinajstić information content (AvgIpc) is 2.86. The molecule has 0 aliphatic carbocycles. The maximum atomic E-state index is 13.2. The second kappa shape index (κ2) is 12.9. The van der Waals surface area contributed by atoms with Crippen molar-refractivity contribution >= 4 is 17.8 Å². The Hall–Kier alpha value is -3.93. The number of carboxylic acid groups (broad SMARTS) is 1. The third-order valence-corrected chi connectivity index (χ3v) is 5.64. The first-order valence-electron chi connectivity index (χ1n) is 11.4. The van der Waals surface area contributed by atoms with Crippen LogP contribution in [0.3, 0.4) is 0 Å². The minimum atomic E-state index is -0.860. The summed E-state index contributed by atoms with van der Waals surface area (Å²) in [6.07, 6.45) is 1.49. The number of nitrogens with one attached hydrogen (secondary N) is 2. The molecule has 0 aliphatic heterocycles. The number of hydrogen-bond acceptors (Lipinski definition) is 3. The molecule has 176 valence electrons. The van der Waals surface area contributed by atoms with Crippen LogP contribution in [0.1, 0.15) is 34.3 Å². The predicted molar refractivity (Wildman–Crippen MR) is 131 cm³/mol. The highest BCUT2D eigenvalue weighted by atomic mass is 16.4. The van der Waals surface area contributed by atoms with Crippen molar-refractivity contribution in [3.8, 4) is 0 Å². The molecule has 2 atom stereocenters. The van der Waals surface area contributed by atoms with Crippen LogP contribution in [0.4, 0.5) is 0 Å². The SMILES string of the molecule is O=C(O)CCC(CNC(=O)C(Cc1ccccc1)NC(=O)c1ccccc1)Cc1ccccc1. The van der Waals surface area contributed by atoms with E-state index in [1.165, 1.54) is 0 Å². The normalized spacial score (nSPS) is 12.4. The molecular weight excluding hydrogens is 428 g/mol. The van der Waals surface area contributed by atoms with E-state index in [0.717, 1.165) is 11.1 Å². The molecule has 3 aromatic carbocycles. The first kappa shape index (κ1) is 24.7. The van der Waals surface area contributed by atoms with Crippen molar-refractivity contribution in [2.45, 2.75) is 31.7 Å². The number of aliphatic carboxylic acids is 1. The summed E-state index contributed by atoms with van der Waals surface area (Å²) in [6.45, 7) is 0.327. The van der Waals surface area contributed by atoms with Gasteiger partial charge in [0.2, 0.25) is 5.91 Å². The molecule has 0 saturated heterocycles. The molecule has 0 aromatic heterocycles. The summed E-state index contributed by atoms with van der Waals surface area (Å²) in [5, 5.41) is 14.9. The molecule has 6 heteroatoms. The van der Waals surface area contributed by atoms with Crippen LogP contribution >= 0.6 is 0 Å². The largest absolute Gasteiger partial charge is 0.481 e. The lowest BCUT2D eigenvalue weighted by Gasteiger charge is -2.22. The maximum Gasteiger partial charge on any atom is 0.303 e. The van der Waals surface area contributed by atoms with E-state index in [4.69, 9.17) is 5.11 Å². The summed E-state index contributed by atoms with van der Waals surface area (Å²) in [7, 11) is 0. The third kappa shape index (κ3) is 8.20. The number of benzene rings is 3. The van der Waals surface area contributed by atoms with Crippen molar-refractivity contribution in [3.63, 3.8) is 0 Å². The molecule has 6 nitrogen and oxygen atoms in total. The number of carbonyl (C=O) groups is 3. The van der Waals surface area contributed by atoms with Gasteiger partial charge in [0, 0.05) is 24.9 Å². The Balaban J connectivity index is 1.68. The van der Waals surface area contributed by atoms with Crippen molar-refractivity contribution in [2.24, 2.45) is 5.92 Å². The van der Waals surface area contributed by atoms with E-state index in [1.54, 1.807) is 24.3 Å². The van der Waals surface area contributed by atoms with Gasteiger partial charge in [0.1, 0.15) is 6.04 Å². The second-order valence-electron chi connectivity index (χ2n) is 8.32. The summed E-state index contributed by atoms with van der Waals surface area (Å²) in [6, 6.07) is 27.4. The Kier molecular flexibility index (Phi) is 9.40. The van der Waals surface area contributed by atoms with Gasteiger partial charge in [-0.25, -0.2) is 0 Å². The van der Waals surface area contributed by atoms with Crippen LogP contribution in [0.15, 0.2) is 91.0 Å². The van der Waals surface area contributed by atoms with Gasteiger partial charge in [-0.15, -0.1) is 0 Å². The number of carbonyl (C=O) groups excluding carboxylic acids is 2. The number of amides is 2. The Morgan fingerprint density at radius 3 is 1.82 bits per heavy atom. The van der Waals surface area contributed by atoms with Crippen LogP contribution in [0.5, 0.6) is 0 Å². The first-order chi connectivity index (χ1) is 16.5. The van der Waals surface area contributed by atoms with Gasteiger partial charge in [-0.05, 0) is 42.0 Å². The van der Waals surface area contributed by atoms with Gasteiger partial charge < -0.3 is 15.7 Å². The monoisotopic (exact) mass is 458 g/mol. The molecule has 3 aromatic rings. The van der Waals surface area contributed by atoms with Crippen molar-refractivity contribution in [1.82, 2.24) is 10.6 Å². The summed E-state index contributed by atoms with van der Waals surface area (Å²) in [4.78, 5) is 37.0. The Morgan fingerprint density at radius 1 is 0.735 bits per heavy atom. The minimum absolute atomic E-state index is 0.0333. The standard InChI is InChI=1S/C28H30N2O4/c31-26(32)17-16-23(18-21-10-4-1-5-11-21)20-29-28(34)25(19-22-12-6-2-7-13-22)30-27(33)24-14-8-3-9-15-24/h1-15,23,25H,16-20H2,(H,29,34)(H,30,33)(H,31,32). The number of rotatable bonds is 12. The fourth-order valence-electron chi connectivity index (χ4n) is 3.81. The lowest BCUT2D eigenvalue weighted by Crippen LogP contribution is -2.49. The summed E-state index contributed by atoms with van der Waals surface area (Å²) < 4.78 is 0. The lowest BCUT2D eigenvalue weighted by atomic mass is 9.94. The molecule has 3 N–H and O–H groups in total. The van der Waals surface area contributed by atoms with Crippen LogP contribution < -0.4 is 10.6 Å². The van der Waals surface area contributed by atoms with Gasteiger partial charge in [0.05, 0.1) is 0 Å². The third-order valence-electron chi connectivity index (χ3n) is 5.64. The maximum absolute atomic E-state index is 13.2. The fourth-order valence-corrected chi connectivity index (χ4v) is 3.81. The quantitative estimate of drug-likeness (QED) is 0.384. The molecule has 0 aliphatic rings. The predicted octanol–water partition coefficient (Wildman–Crippen LogP) is 3.87. The number of carboxylic acids is 1.